The standard InChI is InChI=1S/CH3NO2.HI/c1-2(3)4;/h1H3;1H. The Hall–Kier alpha value is 0.130. The van der Waals surface area contributed by atoms with Gasteiger partial charge >= 0.3 is 0 Å². The topological polar surface area (TPSA) is 43.1 Å². The molecule has 0 radical (unpaired) electrons. The van der Waals surface area contributed by atoms with Crippen molar-refractivity contribution in [3.05, 3.63) is 10.1 Å². The van der Waals surface area contributed by atoms with Gasteiger partial charge in [-0.1, -0.05) is 0 Å². The van der Waals surface area contributed by atoms with Gasteiger partial charge in [0.25, 0.3) is 0 Å². The molecule has 0 aliphatic carbocycles. The molecule has 0 N–H and O–H groups in total. The molecule has 0 atom stereocenters. The second-order valence-electron chi connectivity index (χ2n) is 0.440. The largest absolute Gasteiger partial charge is 0.265 e. The fourth-order valence-corrected chi connectivity index (χ4v) is 0. The van der Waals surface area contributed by atoms with Crippen LogP contribution in [0.2, 0.25) is 0 Å². The lowest BCUT2D eigenvalue weighted by atomic mass is 11.5. The highest BCUT2D eigenvalue weighted by Crippen LogP contribution is 1.39. The van der Waals surface area contributed by atoms with Gasteiger partial charge in [0, 0.05) is 4.92 Å². The second kappa shape index (κ2) is 4.13. The molecule has 0 amide bonds. The van der Waals surface area contributed by atoms with Gasteiger partial charge in [0.15, 0.2) is 7.05 Å². The number of hydrogen-bond acceptors (Lipinski definition) is 2. The normalized spacial score (nSPS) is 5.00. The van der Waals surface area contributed by atoms with Crippen LogP contribution < -0.4 is 0 Å². The van der Waals surface area contributed by atoms with Gasteiger partial charge in [-0.05, 0) is 0 Å². The van der Waals surface area contributed by atoms with Crippen LogP contribution in [0, 0.1) is 10.1 Å². The number of halogens is 1. The van der Waals surface area contributed by atoms with Crippen molar-refractivity contribution < 1.29 is 4.92 Å². The lowest BCUT2D eigenvalue weighted by molar-refractivity contribution is -0.445. The van der Waals surface area contributed by atoms with E-state index in [1.165, 1.54) is 0 Å². The molecule has 0 aliphatic rings. The molecule has 0 aromatic heterocycles. The Kier molecular flexibility index (Phi) is 7.38. The van der Waals surface area contributed by atoms with Crippen molar-refractivity contribution in [2.45, 2.75) is 0 Å². The molecule has 0 bridgehead atoms. The fourth-order valence-electron chi connectivity index (χ4n) is 0. The average Bonchev–Trinajstić information content (AvgIpc) is 0.811. The Morgan fingerprint density at radius 3 is 1.80 bits per heavy atom. The van der Waals surface area contributed by atoms with E-state index in [9.17, 15) is 0 Å². The Morgan fingerprint density at radius 1 is 1.80 bits per heavy atom. The molecule has 5 heavy (non-hydrogen) atoms. The minimum Gasteiger partial charge on any atom is -0.265 e. The highest BCUT2D eigenvalue weighted by Gasteiger charge is 1.57. The first-order valence-electron chi connectivity index (χ1n) is 0.812. The van der Waals surface area contributed by atoms with Crippen LogP contribution in [0.25, 0.3) is 0 Å². The smallest absolute Gasteiger partial charge is 0.194 e. The van der Waals surface area contributed by atoms with Gasteiger partial charge in [0.1, 0.15) is 0 Å². The van der Waals surface area contributed by atoms with E-state index in [4.69, 9.17) is 10.1 Å². The van der Waals surface area contributed by atoms with Gasteiger partial charge in [0.2, 0.25) is 0 Å². The lowest BCUT2D eigenvalue weighted by Crippen LogP contribution is -1.79. The maximum atomic E-state index is 8.81. The molecular formula is CH4INO2. The van der Waals surface area contributed by atoms with Gasteiger partial charge in [-0.15, -0.1) is 24.0 Å². The number of nitrogens with zero attached hydrogens (tertiary/aromatic N) is 1. The maximum absolute atomic E-state index is 8.81. The molecule has 0 saturated carbocycles. The Morgan fingerprint density at radius 2 is 1.80 bits per heavy atom. The molecule has 0 aromatic carbocycles. The monoisotopic (exact) mass is 189 g/mol. The van der Waals surface area contributed by atoms with E-state index in [2.05, 4.69) is 0 Å². The zero-order valence-corrected chi connectivity index (χ0v) is 5.00. The van der Waals surface area contributed by atoms with Crippen LogP contribution in [-0.4, -0.2) is 12.0 Å². The molecule has 0 fully saturated rings. The quantitative estimate of drug-likeness (QED) is 0.316. The summed E-state index contributed by atoms with van der Waals surface area (Å²) in [6.45, 7) is 0. The van der Waals surface area contributed by atoms with Crippen LogP contribution in [0.4, 0.5) is 0 Å². The van der Waals surface area contributed by atoms with Gasteiger partial charge in [0.05, 0.1) is 0 Å². The Labute approximate surface area is 46.5 Å². The van der Waals surface area contributed by atoms with Crippen LogP contribution in [-0.2, 0) is 0 Å². The molecule has 4 heteroatoms. The van der Waals surface area contributed by atoms with E-state index in [0.29, 0.717) is 0 Å². The summed E-state index contributed by atoms with van der Waals surface area (Å²) < 4.78 is 0. The Bertz CT molecular complexity index is 32.6. The summed E-state index contributed by atoms with van der Waals surface area (Å²) in [5, 5.41) is 8.81. The molecule has 0 saturated heterocycles. The first-order chi connectivity index (χ1) is 1.73. The molecule has 3 nitrogen and oxygen atoms in total. The van der Waals surface area contributed by atoms with Crippen LogP contribution in [0.3, 0.4) is 0 Å². The van der Waals surface area contributed by atoms with Gasteiger partial charge in [-0.25, -0.2) is 0 Å². The van der Waals surface area contributed by atoms with Crippen molar-refractivity contribution in [2.75, 3.05) is 7.05 Å². The zero-order valence-electron chi connectivity index (χ0n) is 2.67. The molecule has 0 unspecified atom stereocenters. The minimum atomic E-state index is -0.500. The molecule has 32 valence electrons. The maximum Gasteiger partial charge on any atom is 0.194 e. The summed E-state index contributed by atoms with van der Waals surface area (Å²) in [6, 6.07) is 0. The second-order valence-corrected chi connectivity index (χ2v) is 0.440. The average molecular weight is 189 g/mol. The SMILES string of the molecule is C[N+](=O)[O-].I. The number of hydrogen-bond donors (Lipinski definition) is 0. The molecular weight excluding hydrogens is 185 g/mol. The fraction of sp³-hybridized carbons (Fsp3) is 1.00. The Balaban J connectivity index is 0. The van der Waals surface area contributed by atoms with E-state index in [1.807, 2.05) is 0 Å². The van der Waals surface area contributed by atoms with E-state index >= 15 is 0 Å². The summed E-state index contributed by atoms with van der Waals surface area (Å²) in [6.07, 6.45) is 0. The van der Waals surface area contributed by atoms with Crippen molar-refractivity contribution in [3.63, 3.8) is 0 Å². The van der Waals surface area contributed by atoms with Gasteiger partial charge < -0.3 is 0 Å². The van der Waals surface area contributed by atoms with Crippen LogP contribution in [0.1, 0.15) is 0 Å². The van der Waals surface area contributed by atoms with E-state index in [0.717, 1.165) is 7.05 Å². The van der Waals surface area contributed by atoms with Gasteiger partial charge in [-0.2, -0.15) is 0 Å². The summed E-state index contributed by atoms with van der Waals surface area (Å²) in [4.78, 5) is 8.31. The van der Waals surface area contributed by atoms with E-state index < -0.39 is 4.92 Å². The third kappa shape index (κ3) is 1110. The molecule has 0 heterocycles. The predicted molar refractivity (Wildman–Crippen MR) is 28.3 cm³/mol. The first kappa shape index (κ1) is 8.93. The third-order valence-electron chi connectivity index (χ3n) is 0. The highest BCUT2D eigenvalue weighted by molar-refractivity contribution is 14.0. The van der Waals surface area contributed by atoms with E-state index in [-0.39, 0.29) is 24.0 Å². The zero-order chi connectivity index (χ0) is 3.58. The van der Waals surface area contributed by atoms with Gasteiger partial charge in [-0.3, -0.25) is 10.1 Å². The first-order valence-corrected chi connectivity index (χ1v) is 0.812. The number of nitro groups is 1. The predicted octanol–water partition coefficient (Wildman–Crippen LogP) is 0.511. The summed E-state index contributed by atoms with van der Waals surface area (Å²) in [7, 11) is 0.889. The van der Waals surface area contributed by atoms with Crippen molar-refractivity contribution >= 4 is 24.0 Å². The lowest BCUT2D eigenvalue weighted by Gasteiger charge is -1.63. The molecule has 0 aliphatic heterocycles. The highest BCUT2D eigenvalue weighted by atomic mass is 127. The van der Waals surface area contributed by atoms with Crippen molar-refractivity contribution in [1.82, 2.24) is 0 Å². The minimum absolute atomic E-state index is 0. The summed E-state index contributed by atoms with van der Waals surface area (Å²) in [5.41, 5.74) is 0. The van der Waals surface area contributed by atoms with Crippen LogP contribution in [0.5, 0.6) is 0 Å². The van der Waals surface area contributed by atoms with E-state index in [1.54, 1.807) is 0 Å². The van der Waals surface area contributed by atoms with Crippen LogP contribution >= 0.6 is 24.0 Å². The van der Waals surface area contributed by atoms with Crippen LogP contribution in [0.15, 0.2) is 0 Å². The summed E-state index contributed by atoms with van der Waals surface area (Å²) in [5.74, 6) is 0. The summed E-state index contributed by atoms with van der Waals surface area (Å²) >= 11 is 0. The van der Waals surface area contributed by atoms with Crippen molar-refractivity contribution in [3.8, 4) is 0 Å². The molecule has 0 spiro atoms. The third-order valence-corrected chi connectivity index (χ3v) is 0. The van der Waals surface area contributed by atoms with Crippen molar-refractivity contribution in [1.29, 1.82) is 0 Å². The molecule has 0 aromatic rings. The molecule has 0 rings (SSSR count). The number of rotatable bonds is 0. The van der Waals surface area contributed by atoms with Crippen molar-refractivity contribution in [2.24, 2.45) is 0 Å².